The molecule has 17 heavy (non-hydrogen) atoms. The predicted molar refractivity (Wildman–Crippen MR) is 81.8 cm³/mol. The Morgan fingerprint density at radius 2 is 2.00 bits per heavy atom. The highest BCUT2D eigenvalue weighted by Gasteiger charge is 2.19. The van der Waals surface area contributed by atoms with Crippen LogP contribution in [0.15, 0.2) is 6.07 Å². The number of hydrogen-bond donors (Lipinski definition) is 1. The van der Waals surface area contributed by atoms with Crippen molar-refractivity contribution in [3.8, 4) is 17.2 Å². The zero-order chi connectivity index (χ0) is 13.0. The van der Waals surface area contributed by atoms with Crippen molar-refractivity contribution in [3.05, 3.63) is 13.2 Å². The van der Waals surface area contributed by atoms with E-state index in [4.69, 9.17) is 14.2 Å². The van der Waals surface area contributed by atoms with Crippen molar-refractivity contribution in [2.45, 2.75) is 20.1 Å². The molecule has 0 spiro atoms. The Morgan fingerprint density at radius 3 is 2.53 bits per heavy atom. The maximum absolute atomic E-state index is 9.69. The third-order valence-corrected chi connectivity index (χ3v) is 3.84. The molecule has 0 bridgehead atoms. The van der Waals surface area contributed by atoms with Gasteiger partial charge in [-0.2, -0.15) is 0 Å². The molecular weight excluding hydrogens is 450 g/mol. The predicted octanol–water partition coefficient (Wildman–Crippen LogP) is 3.37. The van der Waals surface area contributed by atoms with Crippen molar-refractivity contribution in [1.82, 2.24) is 0 Å². The van der Waals surface area contributed by atoms with Gasteiger partial charge in [0.15, 0.2) is 17.8 Å². The van der Waals surface area contributed by atoms with Crippen molar-refractivity contribution in [1.29, 1.82) is 0 Å². The topological polar surface area (TPSA) is 47.9 Å². The van der Waals surface area contributed by atoms with Crippen molar-refractivity contribution >= 4 is 45.2 Å². The summed E-state index contributed by atoms with van der Waals surface area (Å²) in [6.45, 7) is 4.30. The molecule has 0 aliphatic carbocycles. The number of phenolic OH excluding ortho intramolecular Hbond substituents is 1. The summed E-state index contributed by atoms with van der Waals surface area (Å²) in [4.78, 5) is 0. The Morgan fingerprint density at radius 1 is 1.35 bits per heavy atom. The molecule has 6 heteroatoms. The number of benzene rings is 1. The first-order valence-electron chi connectivity index (χ1n) is 5.04. The third-order valence-electron chi connectivity index (χ3n) is 2.00. The summed E-state index contributed by atoms with van der Waals surface area (Å²) in [5.74, 6) is 1.31. The monoisotopic (exact) mass is 464 g/mol. The van der Waals surface area contributed by atoms with Gasteiger partial charge in [0.25, 0.3) is 0 Å². The molecule has 0 saturated carbocycles. The van der Waals surface area contributed by atoms with Gasteiger partial charge in [0, 0.05) is 6.61 Å². The average Bonchev–Trinajstić information content (AvgIpc) is 2.27. The van der Waals surface area contributed by atoms with Gasteiger partial charge in [-0.05, 0) is 65.1 Å². The standard InChI is InChI=1S/C11H14I2O4/c1-4-16-6(2)17-10-7(12)5-8(14)9(13)11(10)15-3/h5-6,14H,4H2,1-3H3. The number of methoxy groups -OCH3 is 1. The van der Waals surface area contributed by atoms with Gasteiger partial charge in [-0.25, -0.2) is 0 Å². The second kappa shape index (κ2) is 6.83. The first kappa shape index (κ1) is 15.1. The molecule has 0 radical (unpaired) electrons. The minimum Gasteiger partial charge on any atom is -0.507 e. The van der Waals surface area contributed by atoms with E-state index in [0.717, 1.165) is 3.57 Å². The molecule has 1 atom stereocenters. The molecule has 0 saturated heterocycles. The normalized spacial score (nSPS) is 12.3. The number of aromatic hydroxyl groups is 1. The maximum Gasteiger partial charge on any atom is 0.197 e. The van der Waals surface area contributed by atoms with Crippen LogP contribution in [-0.4, -0.2) is 25.1 Å². The van der Waals surface area contributed by atoms with Gasteiger partial charge in [0.05, 0.1) is 10.7 Å². The Hall–Kier alpha value is 0.0400. The molecule has 0 aliphatic heterocycles. The molecule has 1 N–H and O–H groups in total. The SMILES string of the molecule is CCOC(C)Oc1c(I)cc(O)c(I)c1OC. The zero-order valence-electron chi connectivity index (χ0n) is 9.79. The molecule has 1 aromatic carbocycles. The lowest BCUT2D eigenvalue weighted by Crippen LogP contribution is -2.17. The lowest BCUT2D eigenvalue weighted by Gasteiger charge is -2.19. The van der Waals surface area contributed by atoms with Gasteiger partial charge in [-0.3, -0.25) is 0 Å². The van der Waals surface area contributed by atoms with E-state index in [-0.39, 0.29) is 12.0 Å². The lowest BCUT2D eigenvalue weighted by molar-refractivity contribution is -0.0629. The summed E-state index contributed by atoms with van der Waals surface area (Å²) in [6.07, 6.45) is -0.359. The fourth-order valence-corrected chi connectivity index (χ4v) is 2.59. The van der Waals surface area contributed by atoms with Crippen LogP contribution >= 0.6 is 45.2 Å². The Bertz CT molecular complexity index is 396. The van der Waals surface area contributed by atoms with Crippen LogP contribution in [0.2, 0.25) is 0 Å². The molecule has 0 amide bonds. The Labute approximate surface area is 128 Å². The van der Waals surface area contributed by atoms with E-state index in [1.807, 2.05) is 36.4 Å². The maximum atomic E-state index is 9.69. The molecule has 1 rings (SSSR count). The molecule has 1 aromatic rings. The second-order valence-corrected chi connectivity index (χ2v) is 5.44. The van der Waals surface area contributed by atoms with Crippen molar-refractivity contribution in [3.63, 3.8) is 0 Å². The van der Waals surface area contributed by atoms with Crippen LogP contribution in [0.3, 0.4) is 0 Å². The van der Waals surface area contributed by atoms with E-state index >= 15 is 0 Å². The van der Waals surface area contributed by atoms with Gasteiger partial charge in [-0.1, -0.05) is 0 Å². The van der Waals surface area contributed by atoms with Crippen molar-refractivity contribution in [2.24, 2.45) is 0 Å². The third kappa shape index (κ3) is 3.75. The fourth-order valence-electron chi connectivity index (χ4n) is 1.30. The van der Waals surface area contributed by atoms with E-state index in [1.54, 1.807) is 13.2 Å². The van der Waals surface area contributed by atoms with Crippen LogP contribution in [0.25, 0.3) is 0 Å². The van der Waals surface area contributed by atoms with Crippen molar-refractivity contribution in [2.75, 3.05) is 13.7 Å². The number of halogens is 2. The van der Waals surface area contributed by atoms with Gasteiger partial charge >= 0.3 is 0 Å². The summed E-state index contributed by atoms with van der Waals surface area (Å²) < 4.78 is 17.7. The van der Waals surface area contributed by atoms with E-state index in [9.17, 15) is 5.11 Å². The first-order chi connectivity index (χ1) is 8.01. The van der Waals surface area contributed by atoms with Gasteiger partial charge in [0.1, 0.15) is 9.32 Å². The molecule has 0 fully saturated rings. The average molecular weight is 464 g/mol. The number of ether oxygens (including phenoxy) is 3. The first-order valence-corrected chi connectivity index (χ1v) is 7.20. The molecular formula is C11H14I2O4. The highest BCUT2D eigenvalue weighted by molar-refractivity contribution is 14.1. The van der Waals surface area contributed by atoms with E-state index in [1.165, 1.54) is 0 Å². The van der Waals surface area contributed by atoms with Crippen LogP contribution in [0.4, 0.5) is 0 Å². The summed E-state index contributed by atoms with van der Waals surface area (Å²) in [6, 6.07) is 1.64. The van der Waals surface area contributed by atoms with Crippen LogP contribution in [0, 0.1) is 7.14 Å². The van der Waals surface area contributed by atoms with Gasteiger partial charge in [-0.15, -0.1) is 0 Å². The van der Waals surface area contributed by atoms with Gasteiger partial charge in [0.2, 0.25) is 0 Å². The number of phenols is 1. The smallest absolute Gasteiger partial charge is 0.197 e. The van der Waals surface area contributed by atoms with Crippen LogP contribution in [-0.2, 0) is 4.74 Å². The molecule has 4 nitrogen and oxygen atoms in total. The van der Waals surface area contributed by atoms with Crippen molar-refractivity contribution < 1.29 is 19.3 Å². The highest BCUT2D eigenvalue weighted by Crippen LogP contribution is 2.42. The second-order valence-electron chi connectivity index (χ2n) is 3.19. The lowest BCUT2D eigenvalue weighted by atomic mass is 10.3. The summed E-state index contributed by atoms with van der Waals surface area (Å²) in [5, 5.41) is 9.69. The summed E-state index contributed by atoms with van der Waals surface area (Å²) in [5.41, 5.74) is 0. The summed E-state index contributed by atoms with van der Waals surface area (Å²) >= 11 is 4.11. The van der Waals surface area contributed by atoms with Crippen LogP contribution < -0.4 is 9.47 Å². The zero-order valence-corrected chi connectivity index (χ0v) is 14.1. The number of hydrogen-bond acceptors (Lipinski definition) is 4. The molecule has 0 aliphatic rings. The molecule has 1 unspecified atom stereocenters. The van der Waals surface area contributed by atoms with E-state index in [0.29, 0.717) is 21.7 Å². The Balaban J connectivity index is 3.09. The van der Waals surface area contributed by atoms with E-state index < -0.39 is 0 Å². The number of rotatable bonds is 5. The fraction of sp³-hybridized carbons (Fsp3) is 0.455. The highest BCUT2D eigenvalue weighted by atomic mass is 127. The Kier molecular flexibility index (Phi) is 6.07. The van der Waals surface area contributed by atoms with Gasteiger partial charge < -0.3 is 19.3 Å². The molecule has 0 aromatic heterocycles. The molecule has 96 valence electrons. The minimum atomic E-state index is -0.359. The van der Waals surface area contributed by atoms with E-state index in [2.05, 4.69) is 22.6 Å². The molecule has 0 heterocycles. The minimum absolute atomic E-state index is 0.184. The summed E-state index contributed by atoms with van der Waals surface area (Å²) in [7, 11) is 1.55. The van der Waals surface area contributed by atoms with Crippen LogP contribution in [0.1, 0.15) is 13.8 Å². The largest absolute Gasteiger partial charge is 0.507 e. The van der Waals surface area contributed by atoms with Crippen LogP contribution in [0.5, 0.6) is 17.2 Å². The quantitative estimate of drug-likeness (QED) is 0.537.